The van der Waals surface area contributed by atoms with Crippen molar-refractivity contribution in [3.05, 3.63) is 0 Å². The molecule has 0 spiro atoms. The van der Waals surface area contributed by atoms with Crippen molar-refractivity contribution in [2.24, 2.45) is 5.92 Å². The van der Waals surface area contributed by atoms with E-state index in [-0.39, 0.29) is 6.61 Å². The smallest absolute Gasteiger partial charge is 0.303 e. The van der Waals surface area contributed by atoms with Crippen LogP contribution in [0.3, 0.4) is 0 Å². The van der Waals surface area contributed by atoms with Crippen molar-refractivity contribution in [2.75, 3.05) is 6.61 Å². The van der Waals surface area contributed by atoms with Crippen molar-refractivity contribution >= 4 is 7.82 Å². The molecule has 22 heavy (non-hydrogen) atoms. The van der Waals surface area contributed by atoms with Crippen LogP contribution in [0, 0.1) is 5.92 Å². The highest BCUT2D eigenvalue weighted by atomic mass is 31.2. The Kier molecular flexibility index (Phi) is 14.8. The van der Waals surface area contributed by atoms with Gasteiger partial charge in [-0.1, -0.05) is 90.9 Å². The zero-order chi connectivity index (χ0) is 16.7. The lowest BCUT2D eigenvalue weighted by molar-refractivity contribution is 0.193. The van der Waals surface area contributed by atoms with Crippen LogP contribution in [0.4, 0.5) is 0 Å². The molecule has 0 unspecified atom stereocenters. The molecule has 0 saturated carbocycles. The van der Waals surface area contributed by atoms with Crippen LogP contribution in [-0.4, -0.2) is 16.4 Å². The second-order valence-electron chi connectivity index (χ2n) is 6.75. The average molecular weight is 336 g/mol. The second kappa shape index (κ2) is 14.7. The molecule has 0 bridgehead atoms. The van der Waals surface area contributed by atoms with Gasteiger partial charge in [-0.3, -0.25) is 4.52 Å². The fourth-order valence-electron chi connectivity index (χ4n) is 2.61. The molecular weight excluding hydrogens is 299 g/mol. The van der Waals surface area contributed by atoms with Gasteiger partial charge >= 0.3 is 7.82 Å². The Hall–Kier alpha value is 0.110. The maximum Gasteiger partial charge on any atom is 0.469 e. The summed E-state index contributed by atoms with van der Waals surface area (Å²) in [5, 5.41) is 0. The predicted molar refractivity (Wildman–Crippen MR) is 92.9 cm³/mol. The number of unbranched alkanes of at least 4 members (excludes halogenated alkanes) is 11. The lowest BCUT2D eigenvalue weighted by Crippen LogP contribution is -1.92. The Morgan fingerprint density at radius 3 is 1.45 bits per heavy atom. The van der Waals surface area contributed by atoms with Gasteiger partial charge in [0, 0.05) is 0 Å². The summed E-state index contributed by atoms with van der Waals surface area (Å²) in [5.41, 5.74) is 0. The third-order valence-corrected chi connectivity index (χ3v) is 4.45. The normalized spacial score (nSPS) is 12.2. The van der Waals surface area contributed by atoms with Crippen molar-refractivity contribution < 1.29 is 18.9 Å². The Bertz CT molecular complexity index is 276. The minimum Gasteiger partial charge on any atom is -0.303 e. The molecule has 0 aromatic carbocycles. The van der Waals surface area contributed by atoms with E-state index in [4.69, 9.17) is 9.79 Å². The van der Waals surface area contributed by atoms with Gasteiger partial charge in [-0.05, 0) is 12.3 Å². The highest BCUT2D eigenvalue weighted by molar-refractivity contribution is 7.46. The summed E-state index contributed by atoms with van der Waals surface area (Å²) in [6, 6.07) is 0. The summed E-state index contributed by atoms with van der Waals surface area (Å²) >= 11 is 0. The van der Waals surface area contributed by atoms with Crippen LogP contribution in [0.1, 0.15) is 97.3 Å². The number of hydrogen-bond donors (Lipinski definition) is 2. The third-order valence-electron chi connectivity index (χ3n) is 3.94. The Morgan fingerprint density at radius 1 is 0.727 bits per heavy atom. The van der Waals surface area contributed by atoms with Crippen molar-refractivity contribution in [1.82, 2.24) is 0 Å². The van der Waals surface area contributed by atoms with Gasteiger partial charge in [0.2, 0.25) is 0 Å². The van der Waals surface area contributed by atoms with E-state index in [1.807, 2.05) is 0 Å². The third kappa shape index (κ3) is 20.1. The molecule has 0 rings (SSSR count). The van der Waals surface area contributed by atoms with Gasteiger partial charge in [0.15, 0.2) is 0 Å². The first kappa shape index (κ1) is 22.1. The molecule has 0 amide bonds. The zero-order valence-corrected chi connectivity index (χ0v) is 15.5. The molecule has 4 nitrogen and oxygen atoms in total. The minimum atomic E-state index is -4.26. The molecule has 5 heteroatoms. The summed E-state index contributed by atoms with van der Waals surface area (Å²) in [6.07, 6.45) is 16.4. The monoisotopic (exact) mass is 336 g/mol. The fourth-order valence-corrected chi connectivity index (χ4v) is 2.97. The summed E-state index contributed by atoms with van der Waals surface area (Å²) in [7, 11) is -4.26. The molecule has 0 heterocycles. The van der Waals surface area contributed by atoms with Gasteiger partial charge in [0.05, 0.1) is 6.61 Å². The molecule has 0 aromatic heterocycles. The van der Waals surface area contributed by atoms with Crippen LogP contribution in [0.2, 0.25) is 0 Å². The molecule has 0 fully saturated rings. The summed E-state index contributed by atoms with van der Waals surface area (Å²) in [5.74, 6) is 0.850. The van der Waals surface area contributed by atoms with Gasteiger partial charge in [0.25, 0.3) is 0 Å². The van der Waals surface area contributed by atoms with Crippen molar-refractivity contribution in [3.63, 3.8) is 0 Å². The lowest BCUT2D eigenvalue weighted by Gasteiger charge is -2.05. The highest BCUT2D eigenvalue weighted by Crippen LogP contribution is 2.35. The average Bonchev–Trinajstić information content (AvgIpc) is 2.41. The first-order valence-corrected chi connectivity index (χ1v) is 10.6. The van der Waals surface area contributed by atoms with Crippen LogP contribution >= 0.6 is 7.82 Å². The minimum absolute atomic E-state index is 0.168. The van der Waals surface area contributed by atoms with E-state index in [0.717, 1.165) is 25.2 Å². The lowest BCUT2D eigenvalue weighted by atomic mass is 10.0. The first-order valence-electron chi connectivity index (χ1n) is 9.12. The quantitative estimate of drug-likeness (QED) is 0.275. The molecule has 2 N–H and O–H groups in total. The molecule has 0 aromatic rings. The van der Waals surface area contributed by atoms with Gasteiger partial charge in [0.1, 0.15) is 0 Å². The van der Waals surface area contributed by atoms with Crippen LogP contribution in [0.5, 0.6) is 0 Å². The molecule has 0 aliphatic carbocycles. The number of hydrogen-bond acceptors (Lipinski definition) is 2. The van der Waals surface area contributed by atoms with Crippen molar-refractivity contribution in [2.45, 2.75) is 97.3 Å². The molecule has 134 valence electrons. The predicted octanol–water partition coefficient (Wildman–Crippen LogP) is 5.82. The topological polar surface area (TPSA) is 66.8 Å². The van der Waals surface area contributed by atoms with Crippen LogP contribution in [0.25, 0.3) is 0 Å². The number of phosphoric ester groups is 1. The Labute approximate surface area is 137 Å². The Balaban J connectivity index is 3.04. The number of phosphoric acid groups is 1. The van der Waals surface area contributed by atoms with E-state index < -0.39 is 7.82 Å². The maximum atomic E-state index is 10.5. The van der Waals surface area contributed by atoms with Gasteiger partial charge < -0.3 is 9.79 Å². The summed E-state index contributed by atoms with van der Waals surface area (Å²) < 4.78 is 14.9. The van der Waals surface area contributed by atoms with Gasteiger partial charge in [-0.2, -0.15) is 0 Å². The summed E-state index contributed by atoms with van der Waals surface area (Å²) in [6.45, 7) is 4.76. The van der Waals surface area contributed by atoms with Crippen molar-refractivity contribution in [1.29, 1.82) is 0 Å². The van der Waals surface area contributed by atoms with Gasteiger partial charge in [-0.25, -0.2) is 4.57 Å². The highest BCUT2D eigenvalue weighted by Gasteiger charge is 2.12. The molecular formula is C17H37O4P. The largest absolute Gasteiger partial charge is 0.469 e. The molecule has 0 aliphatic heterocycles. The van der Waals surface area contributed by atoms with Crippen LogP contribution in [-0.2, 0) is 9.09 Å². The Morgan fingerprint density at radius 2 is 1.09 bits per heavy atom. The standard InChI is InChI=1S/C17H37O4P/c1-17(2)15-13-11-9-7-5-3-4-6-8-10-12-14-16-21-22(18,19)20/h17H,3-16H2,1-2H3,(H2,18,19,20). The van der Waals surface area contributed by atoms with Crippen molar-refractivity contribution in [3.8, 4) is 0 Å². The number of rotatable bonds is 16. The first-order chi connectivity index (χ1) is 10.4. The molecule has 0 aliphatic rings. The van der Waals surface area contributed by atoms with E-state index in [2.05, 4.69) is 18.4 Å². The fraction of sp³-hybridized carbons (Fsp3) is 1.00. The zero-order valence-electron chi connectivity index (χ0n) is 14.6. The molecule has 0 radical (unpaired) electrons. The molecule has 0 atom stereocenters. The van der Waals surface area contributed by atoms with Gasteiger partial charge in [-0.15, -0.1) is 0 Å². The van der Waals surface area contributed by atoms with E-state index in [0.29, 0.717) is 0 Å². The molecule has 0 saturated heterocycles. The second-order valence-corrected chi connectivity index (χ2v) is 7.99. The summed E-state index contributed by atoms with van der Waals surface area (Å²) in [4.78, 5) is 17.0. The van der Waals surface area contributed by atoms with E-state index in [9.17, 15) is 4.57 Å². The SMILES string of the molecule is CC(C)CCCCCCCCCCCCCCOP(=O)(O)O. The van der Waals surface area contributed by atoms with E-state index >= 15 is 0 Å². The van der Waals surface area contributed by atoms with Crippen LogP contribution in [0.15, 0.2) is 0 Å². The van der Waals surface area contributed by atoms with E-state index in [1.165, 1.54) is 64.2 Å². The van der Waals surface area contributed by atoms with Crippen LogP contribution < -0.4 is 0 Å². The maximum absolute atomic E-state index is 10.5. The van der Waals surface area contributed by atoms with E-state index in [1.54, 1.807) is 0 Å².